The van der Waals surface area contributed by atoms with Crippen LogP contribution in [-0.4, -0.2) is 18.5 Å². The Morgan fingerprint density at radius 2 is 1.92 bits per heavy atom. The molecule has 1 fully saturated rings. The molecule has 0 aliphatic carbocycles. The fraction of sp³-hybridized carbons (Fsp3) is 0.429. The average molecular weight is 180 g/mol. The average Bonchev–Trinajstić information content (AvgIpc) is 1.85. The number of hydrogen-bond donors (Lipinski definition) is 0. The van der Waals surface area contributed by atoms with Crippen molar-refractivity contribution >= 4 is 11.9 Å². The molecule has 0 aromatic heterocycles. The molecule has 0 aromatic carbocycles. The van der Waals surface area contributed by atoms with E-state index in [0.717, 1.165) is 0 Å². The van der Waals surface area contributed by atoms with E-state index in [1.807, 2.05) is 0 Å². The van der Waals surface area contributed by atoms with Gasteiger partial charge in [0.15, 0.2) is 0 Å². The molecule has 0 bridgehead atoms. The number of carbonyl (C=O) groups excluding carboxylic acids is 2. The van der Waals surface area contributed by atoms with Crippen molar-refractivity contribution in [2.75, 3.05) is 6.61 Å². The van der Waals surface area contributed by atoms with E-state index in [2.05, 4.69) is 11.3 Å². The van der Waals surface area contributed by atoms with Gasteiger partial charge in [-0.3, -0.25) is 4.79 Å². The van der Waals surface area contributed by atoms with E-state index < -0.39 is 5.97 Å². The molecule has 0 aromatic rings. The second kappa shape index (κ2) is 7.34. The van der Waals surface area contributed by atoms with Gasteiger partial charge in [-0.2, -0.15) is 0 Å². The Labute approximate surface area is 92.9 Å². The van der Waals surface area contributed by atoms with Gasteiger partial charge in [-0.1, -0.05) is 6.58 Å². The molecular formula is C7H9NaO4. The topological polar surface area (TPSA) is 66.4 Å². The van der Waals surface area contributed by atoms with Crippen LogP contribution >= 0.6 is 0 Å². The van der Waals surface area contributed by atoms with E-state index in [4.69, 9.17) is 0 Å². The zero-order chi connectivity index (χ0) is 8.85. The van der Waals surface area contributed by atoms with Crippen LogP contribution in [0.3, 0.4) is 0 Å². The molecule has 1 aliphatic rings. The molecule has 5 heteroatoms. The summed E-state index contributed by atoms with van der Waals surface area (Å²) in [7, 11) is 0. The van der Waals surface area contributed by atoms with Gasteiger partial charge in [-0.25, -0.2) is 0 Å². The molecule has 0 saturated carbocycles. The molecule has 0 spiro atoms. The number of cyclic esters (lactones) is 1. The first-order chi connectivity index (χ1) is 5.04. The fourth-order valence-corrected chi connectivity index (χ4v) is 0.185. The summed E-state index contributed by atoms with van der Waals surface area (Å²) in [6.07, 6.45) is 0.625. The maximum atomic E-state index is 9.68. The predicted molar refractivity (Wildman–Crippen MR) is 35.4 cm³/mol. The van der Waals surface area contributed by atoms with Crippen LogP contribution in [0.25, 0.3) is 0 Å². The monoisotopic (exact) mass is 180 g/mol. The number of ether oxygens (including phenoxy) is 1. The van der Waals surface area contributed by atoms with Crippen LogP contribution in [0.15, 0.2) is 12.2 Å². The van der Waals surface area contributed by atoms with Crippen molar-refractivity contribution in [1.82, 2.24) is 0 Å². The van der Waals surface area contributed by atoms with Crippen LogP contribution in [0, 0.1) is 0 Å². The van der Waals surface area contributed by atoms with Crippen molar-refractivity contribution in [2.45, 2.75) is 13.3 Å². The van der Waals surface area contributed by atoms with Crippen molar-refractivity contribution in [2.24, 2.45) is 0 Å². The van der Waals surface area contributed by atoms with Crippen molar-refractivity contribution in [3.8, 4) is 0 Å². The van der Waals surface area contributed by atoms with Crippen LogP contribution in [0.2, 0.25) is 0 Å². The fourth-order valence-electron chi connectivity index (χ4n) is 0.185. The molecule has 1 rings (SSSR count). The Morgan fingerprint density at radius 3 is 1.92 bits per heavy atom. The smallest absolute Gasteiger partial charge is 0.545 e. The number of carbonyl (C=O) groups is 2. The van der Waals surface area contributed by atoms with Crippen molar-refractivity contribution in [1.29, 1.82) is 0 Å². The Bertz CT molecular complexity index is 170. The number of carboxylic acids is 1. The molecule has 1 aliphatic heterocycles. The minimum Gasteiger partial charge on any atom is -0.545 e. The van der Waals surface area contributed by atoms with Crippen LogP contribution in [0.4, 0.5) is 0 Å². The third kappa shape index (κ3) is 7.78. The van der Waals surface area contributed by atoms with E-state index in [1.165, 1.54) is 6.92 Å². The van der Waals surface area contributed by atoms with Gasteiger partial charge in [0.2, 0.25) is 0 Å². The Balaban J connectivity index is 0. The Kier molecular flexibility index (Phi) is 8.69. The van der Waals surface area contributed by atoms with E-state index in [1.54, 1.807) is 0 Å². The summed E-state index contributed by atoms with van der Waals surface area (Å²) in [5.41, 5.74) is 0.0648. The van der Waals surface area contributed by atoms with Gasteiger partial charge in [0.05, 0.1) is 12.4 Å². The van der Waals surface area contributed by atoms with Gasteiger partial charge in [0, 0.05) is 0 Å². The van der Waals surface area contributed by atoms with Gasteiger partial charge >= 0.3 is 35.5 Å². The normalized spacial score (nSPS) is 12.2. The maximum Gasteiger partial charge on any atom is 1.00 e. The molecule has 1 heterocycles. The standard InChI is InChI=1S/C4H6O2.C3H4O2.Na/c1-3(2)4(5)6;4-3-1-2-5-3;/h1H2,2H3,(H,5,6);1-2H2;/q;;+1/p-1. The summed E-state index contributed by atoms with van der Waals surface area (Å²) in [6, 6.07) is 0. The third-order valence-electron chi connectivity index (χ3n) is 0.918. The van der Waals surface area contributed by atoms with Gasteiger partial charge in [-0.05, 0) is 12.5 Å². The summed E-state index contributed by atoms with van der Waals surface area (Å²) in [4.78, 5) is 19.2. The first kappa shape index (κ1) is 14.2. The molecule has 1 saturated heterocycles. The van der Waals surface area contributed by atoms with Gasteiger partial charge in [0.25, 0.3) is 0 Å². The number of aliphatic carboxylic acids is 1. The minimum absolute atomic E-state index is 0. The van der Waals surface area contributed by atoms with Crippen LogP contribution in [-0.2, 0) is 14.3 Å². The zero-order valence-electron chi connectivity index (χ0n) is 7.25. The van der Waals surface area contributed by atoms with Crippen molar-refractivity contribution in [3.63, 3.8) is 0 Å². The molecule has 0 atom stereocenters. The van der Waals surface area contributed by atoms with E-state index in [0.29, 0.717) is 13.0 Å². The first-order valence-electron chi connectivity index (χ1n) is 3.06. The molecule has 0 unspecified atom stereocenters. The SMILES string of the molecule is C=C(C)C(=O)[O-].O=C1CCO1.[Na+]. The summed E-state index contributed by atoms with van der Waals surface area (Å²) in [5.74, 6) is -1.25. The molecule has 12 heavy (non-hydrogen) atoms. The molecule has 0 N–H and O–H groups in total. The van der Waals surface area contributed by atoms with Crippen LogP contribution in [0.5, 0.6) is 0 Å². The number of hydrogen-bond acceptors (Lipinski definition) is 4. The van der Waals surface area contributed by atoms with Crippen molar-refractivity contribution < 1.29 is 49.0 Å². The number of esters is 1. The van der Waals surface area contributed by atoms with E-state index in [-0.39, 0.29) is 41.1 Å². The number of rotatable bonds is 1. The molecule has 62 valence electrons. The van der Waals surface area contributed by atoms with Gasteiger partial charge in [0.1, 0.15) is 6.61 Å². The summed E-state index contributed by atoms with van der Waals surface area (Å²) < 4.78 is 4.29. The quantitative estimate of drug-likeness (QED) is 0.236. The van der Waals surface area contributed by atoms with Crippen LogP contribution < -0.4 is 34.7 Å². The van der Waals surface area contributed by atoms with Gasteiger partial charge in [-0.15, -0.1) is 0 Å². The van der Waals surface area contributed by atoms with Crippen molar-refractivity contribution in [3.05, 3.63) is 12.2 Å². The third-order valence-corrected chi connectivity index (χ3v) is 0.918. The minimum atomic E-state index is -1.19. The zero-order valence-corrected chi connectivity index (χ0v) is 9.25. The van der Waals surface area contributed by atoms with Gasteiger partial charge < -0.3 is 14.6 Å². The molecule has 0 radical (unpaired) electrons. The van der Waals surface area contributed by atoms with E-state index in [9.17, 15) is 14.7 Å². The Morgan fingerprint density at radius 1 is 1.67 bits per heavy atom. The molecule has 4 nitrogen and oxygen atoms in total. The number of carboxylic acid groups (broad SMARTS) is 1. The summed E-state index contributed by atoms with van der Waals surface area (Å²) >= 11 is 0. The maximum absolute atomic E-state index is 9.68. The molecular weight excluding hydrogens is 171 g/mol. The summed E-state index contributed by atoms with van der Waals surface area (Å²) in [5, 5.41) is 9.49. The molecule has 0 amide bonds. The predicted octanol–water partition coefficient (Wildman–Crippen LogP) is -3.75. The summed E-state index contributed by atoms with van der Waals surface area (Å²) in [6.45, 7) is 5.11. The first-order valence-corrected chi connectivity index (χ1v) is 3.06. The van der Waals surface area contributed by atoms with E-state index >= 15 is 0 Å². The second-order valence-electron chi connectivity index (χ2n) is 2.04. The largest absolute Gasteiger partial charge is 1.00 e. The Hall–Kier alpha value is -0.320. The van der Waals surface area contributed by atoms with Crippen LogP contribution in [0.1, 0.15) is 13.3 Å². The second-order valence-corrected chi connectivity index (χ2v) is 2.04.